The van der Waals surface area contributed by atoms with Crippen LogP contribution in [-0.4, -0.2) is 48.5 Å². The van der Waals surface area contributed by atoms with Crippen LogP contribution >= 0.6 is 0 Å². The Hall–Kier alpha value is -2.57. The Morgan fingerprint density at radius 1 is 1.04 bits per heavy atom. The largest absolute Gasteiger partial charge is 0.481 e. The molecule has 1 aromatic rings. The lowest BCUT2D eigenvalue weighted by atomic mass is 9.78. The number of fused-ring (bicyclic) bond motifs is 1. The van der Waals surface area contributed by atoms with Crippen molar-refractivity contribution in [2.75, 3.05) is 19.8 Å². The molecule has 2 N–H and O–H groups in total. The summed E-state index contributed by atoms with van der Waals surface area (Å²) in [7, 11) is 0. The summed E-state index contributed by atoms with van der Waals surface area (Å²) in [6.07, 6.45) is 6.80. The van der Waals surface area contributed by atoms with Gasteiger partial charge in [-0.15, -0.1) is 0 Å². The molecule has 7 heteroatoms. The van der Waals surface area contributed by atoms with E-state index < -0.39 is 11.9 Å². The lowest BCUT2D eigenvalue weighted by Gasteiger charge is -2.44. The Balaban J connectivity index is 1.47. The number of para-hydroxylation sites is 1. The van der Waals surface area contributed by atoms with E-state index >= 15 is 0 Å². The molecule has 1 aliphatic carbocycles. The van der Waals surface area contributed by atoms with Gasteiger partial charge in [0, 0.05) is 12.6 Å². The molecule has 0 aromatic heterocycles. The second-order valence-corrected chi connectivity index (χ2v) is 7.15. The summed E-state index contributed by atoms with van der Waals surface area (Å²) in [5.74, 6) is -0.631. The highest BCUT2D eigenvalue weighted by Crippen LogP contribution is 2.35. The van der Waals surface area contributed by atoms with E-state index in [1.807, 2.05) is 4.90 Å². The molecule has 2 amide bonds. The molecule has 0 spiro atoms. The molecule has 2 aliphatic rings. The van der Waals surface area contributed by atoms with Crippen molar-refractivity contribution in [2.45, 2.75) is 44.6 Å². The van der Waals surface area contributed by atoms with Gasteiger partial charge in [0.25, 0.3) is 11.8 Å². The Kier molecular flexibility index (Phi) is 6.32. The van der Waals surface area contributed by atoms with Crippen LogP contribution in [0.3, 0.4) is 0 Å². The van der Waals surface area contributed by atoms with E-state index in [1.54, 1.807) is 18.2 Å². The van der Waals surface area contributed by atoms with Gasteiger partial charge in [0.05, 0.1) is 5.56 Å². The van der Waals surface area contributed by atoms with Gasteiger partial charge in [0.2, 0.25) is 0 Å². The number of amides is 2. The third kappa shape index (κ3) is 4.78. The highest BCUT2D eigenvalue weighted by atomic mass is 16.6. The summed E-state index contributed by atoms with van der Waals surface area (Å²) in [5.41, 5.74) is 5.46. The third-order valence-electron chi connectivity index (χ3n) is 5.42. The maximum atomic E-state index is 12.5. The molecule has 1 aliphatic heterocycles. The SMILES string of the molecule is NC(=O)c1ccccc1OCC(=O)OCC(=O)N1CCC[C@H]2CCCC[C@@H]21. The summed E-state index contributed by atoms with van der Waals surface area (Å²) in [5, 5.41) is 0. The number of esters is 1. The predicted molar refractivity (Wildman–Crippen MR) is 98.1 cm³/mol. The number of carbonyl (C=O) groups excluding carboxylic acids is 3. The molecule has 7 nitrogen and oxygen atoms in total. The maximum Gasteiger partial charge on any atom is 0.344 e. The normalized spacial score (nSPS) is 21.9. The summed E-state index contributed by atoms with van der Waals surface area (Å²) in [6.45, 7) is 0.0759. The average molecular weight is 374 g/mol. The second kappa shape index (κ2) is 8.88. The molecule has 1 saturated carbocycles. The van der Waals surface area contributed by atoms with Crippen LogP contribution in [-0.2, 0) is 14.3 Å². The molecule has 27 heavy (non-hydrogen) atoms. The molecule has 146 valence electrons. The Morgan fingerprint density at radius 2 is 1.78 bits per heavy atom. The molecule has 0 unspecified atom stereocenters. The van der Waals surface area contributed by atoms with Gasteiger partial charge >= 0.3 is 5.97 Å². The number of piperidine rings is 1. The maximum absolute atomic E-state index is 12.5. The molecule has 1 aromatic carbocycles. The van der Waals surface area contributed by atoms with E-state index in [1.165, 1.54) is 25.3 Å². The topological polar surface area (TPSA) is 98.9 Å². The number of hydrogen-bond donors (Lipinski definition) is 1. The molecular formula is C20H26N2O5. The number of likely N-dealkylation sites (tertiary alicyclic amines) is 1. The van der Waals surface area contributed by atoms with Crippen LogP contribution in [0.2, 0.25) is 0 Å². The number of rotatable bonds is 6. The standard InChI is InChI=1S/C20H26N2O5/c21-20(25)15-8-2-4-10-17(15)26-13-19(24)27-12-18(23)22-11-5-7-14-6-1-3-9-16(14)22/h2,4,8,10,14,16H,1,3,5-7,9,11-13H2,(H2,21,25)/t14-,16+/m1/s1. The van der Waals surface area contributed by atoms with Crippen LogP contribution in [0.15, 0.2) is 24.3 Å². The van der Waals surface area contributed by atoms with Gasteiger partial charge in [-0.25, -0.2) is 4.79 Å². The first-order chi connectivity index (χ1) is 13.1. The zero-order valence-corrected chi connectivity index (χ0v) is 15.4. The highest BCUT2D eigenvalue weighted by Gasteiger charge is 2.35. The lowest BCUT2D eigenvalue weighted by Crippen LogP contribution is -2.51. The Bertz CT molecular complexity index is 703. The van der Waals surface area contributed by atoms with Gasteiger partial charge in [0.15, 0.2) is 13.2 Å². The number of ether oxygens (including phenoxy) is 2. The van der Waals surface area contributed by atoms with Crippen LogP contribution in [0.5, 0.6) is 5.75 Å². The van der Waals surface area contributed by atoms with Crippen molar-refractivity contribution in [3.63, 3.8) is 0 Å². The smallest absolute Gasteiger partial charge is 0.344 e. The number of benzene rings is 1. The quantitative estimate of drug-likeness (QED) is 0.767. The van der Waals surface area contributed by atoms with E-state index in [4.69, 9.17) is 15.2 Å². The van der Waals surface area contributed by atoms with E-state index in [0.717, 1.165) is 25.8 Å². The first-order valence-electron chi connectivity index (χ1n) is 9.53. The fraction of sp³-hybridized carbons (Fsp3) is 0.550. The number of hydrogen-bond acceptors (Lipinski definition) is 5. The monoisotopic (exact) mass is 374 g/mol. The van der Waals surface area contributed by atoms with Crippen molar-refractivity contribution in [1.29, 1.82) is 0 Å². The van der Waals surface area contributed by atoms with E-state index in [-0.39, 0.29) is 36.5 Å². The van der Waals surface area contributed by atoms with Crippen molar-refractivity contribution < 1.29 is 23.9 Å². The molecular weight excluding hydrogens is 348 g/mol. The molecule has 3 rings (SSSR count). The van der Waals surface area contributed by atoms with Crippen molar-refractivity contribution >= 4 is 17.8 Å². The predicted octanol–water partition coefficient (Wildman–Crippen LogP) is 1.89. The van der Waals surface area contributed by atoms with Crippen LogP contribution in [0, 0.1) is 5.92 Å². The van der Waals surface area contributed by atoms with Crippen molar-refractivity contribution in [3.8, 4) is 5.75 Å². The zero-order valence-electron chi connectivity index (χ0n) is 15.4. The van der Waals surface area contributed by atoms with Crippen LogP contribution in [0.4, 0.5) is 0 Å². The average Bonchev–Trinajstić information content (AvgIpc) is 2.70. The summed E-state index contributed by atoms with van der Waals surface area (Å²) in [4.78, 5) is 37.7. The first-order valence-corrected chi connectivity index (χ1v) is 9.53. The molecule has 2 atom stereocenters. The van der Waals surface area contributed by atoms with Gasteiger partial charge < -0.3 is 20.1 Å². The van der Waals surface area contributed by atoms with Crippen LogP contribution < -0.4 is 10.5 Å². The lowest BCUT2D eigenvalue weighted by molar-refractivity contribution is -0.156. The van der Waals surface area contributed by atoms with Gasteiger partial charge in [0.1, 0.15) is 5.75 Å². The summed E-state index contributed by atoms with van der Waals surface area (Å²) < 4.78 is 10.4. The summed E-state index contributed by atoms with van der Waals surface area (Å²) >= 11 is 0. The van der Waals surface area contributed by atoms with Crippen LogP contribution in [0.25, 0.3) is 0 Å². The van der Waals surface area contributed by atoms with Gasteiger partial charge in [-0.2, -0.15) is 0 Å². The number of carbonyl (C=O) groups is 3. The minimum absolute atomic E-state index is 0.141. The molecule has 2 fully saturated rings. The summed E-state index contributed by atoms with van der Waals surface area (Å²) in [6, 6.07) is 6.69. The van der Waals surface area contributed by atoms with E-state index in [0.29, 0.717) is 5.92 Å². The number of nitrogens with zero attached hydrogens (tertiary/aromatic N) is 1. The Labute approximate surface area is 158 Å². The highest BCUT2D eigenvalue weighted by molar-refractivity contribution is 5.95. The van der Waals surface area contributed by atoms with E-state index in [9.17, 15) is 14.4 Å². The first kappa shape index (κ1) is 19.2. The fourth-order valence-electron chi connectivity index (χ4n) is 4.13. The minimum Gasteiger partial charge on any atom is -0.481 e. The Morgan fingerprint density at radius 3 is 2.59 bits per heavy atom. The van der Waals surface area contributed by atoms with Gasteiger partial charge in [-0.3, -0.25) is 9.59 Å². The number of nitrogens with two attached hydrogens (primary N) is 1. The van der Waals surface area contributed by atoms with Crippen molar-refractivity contribution in [1.82, 2.24) is 4.90 Å². The minimum atomic E-state index is -0.653. The van der Waals surface area contributed by atoms with E-state index in [2.05, 4.69) is 0 Å². The van der Waals surface area contributed by atoms with Gasteiger partial charge in [-0.05, 0) is 43.7 Å². The molecule has 1 saturated heterocycles. The molecule has 1 heterocycles. The molecule has 0 radical (unpaired) electrons. The zero-order chi connectivity index (χ0) is 19.2. The van der Waals surface area contributed by atoms with Crippen molar-refractivity contribution in [2.24, 2.45) is 11.7 Å². The number of primary amides is 1. The fourth-order valence-corrected chi connectivity index (χ4v) is 4.13. The molecule has 0 bridgehead atoms. The van der Waals surface area contributed by atoms with Crippen LogP contribution in [0.1, 0.15) is 48.9 Å². The van der Waals surface area contributed by atoms with Gasteiger partial charge in [-0.1, -0.05) is 25.0 Å². The second-order valence-electron chi connectivity index (χ2n) is 7.15. The third-order valence-corrected chi connectivity index (χ3v) is 5.42. The van der Waals surface area contributed by atoms with Crippen molar-refractivity contribution in [3.05, 3.63) is 29.8 Å².